The van der Waals surface area contributed by atoms with Gasteiger partial charge in [0.2, 0.25) is 11.8 Å². The van der Waals surface area contributed by atoms with E-state index in [1.807, 2.05) is 38.4 Å². The monoisotopic (exact) mass is 1370 g/mol. The predicted molar refractivity (Wildman–Crippen MR) is 358 cm³/mol. The van der Waals surface area contributed by atoms with Crippen molar-refractivity contribution in [3.05, 3.63) is 151 Å². The van der Waals surface area contributed by atoms with Crippen LogP contribution >= 0.6 is 46.4 Å². The van der Waals surface area contributed by atoms with Gasteiger partial charge in [-0.3, -0.25) is 47.7 Å². The van der Waals surface area contributed by atoms with Gasteiger partial charge in [-0.15, -0.1) is 0 Å². The molecule has 0 unspecified atom stereocenters. The van der Waals surface area contributed by atoms with Gasteiger partial charge in [-0.05, 0) is 75.2 Å². The Hall–Kier alpha value is -8.20. The summed E-state index contributed by atoms with van der Waals surface area (Å²) in [6.07, 6.45) is 6.84. The smallest absolute Gasteiger partial charge is 0.303 e. The van der Waals surface area contributed by atoms with Gasteiger partial charge >= 0.3 is 11.9 Å². The zero-order chi connectivity index (χ0) is 67.0. The van der Waals surface area contributed by atoms with Crippen LogP contribution in [0.2, 0.25) is 20.1 Å². The van der Waals surface area contributed by atoms with Crippen LogP contribution in [-0.2, 0) is 62.7 Å². The first-order valence-corrected chi connectivity index (χ1v) is 32.0. The van der Waals surface area contributed by atoms with Crippen LogP contribution < -0.4 is 30.7 Å². The Labute approximate surface area is 562 Å². The molecule has 2 amide bonds. The van der Waals surface area contributed by atoms with Crippen LogP contribution in [0.3, 0.4) is 0 Å². The van der Waals surface area contributed by atoms with Crippen LogP contribution in [0.25, 0.3) is 45.0 Å². The number of alkyl halides is 2. The van der Waals surface area contributed by atoms with Gasteiger partial charge in [0.25, 0.3) is 11.8 Å². The van der Waals surface area contributed by atoms with E-state index in [-0.39, 0.29) is 47.9 Å². The summed E-state index contributed by atoms with van der Waals surface area (Å²) in [5, 5.41) is 31.0. The zero-order valence-electron chi connectivity index (χ0n) is 52.3. The number of rotatable bonds is 28. The molecular formula is C66H72Cl4F2N14O8. The molecule has 0 spiro atoms. The number of aromatic nitrogens is 8. The molecule has 22 nitrogen and oxygen atoms in total. The summed E-state index contributed by atoms with van der Waals surface area (Å²) >= 11 is 27.5. The lowest BCUT2D eigenvalue weighted by Crippen LogP contribution is -2.32. The lowest BCUT2D eigenvalue weighted by atomic mass is 10.1. The number of nitrogens with one attached hydrogen (secondary N) is 4. The van der Waals surface area contributed by atoms with Gasteiger partial charge in [-0.1, -0.05) is 82.8 Å². The summed E-state index contributed by atoms with van der Waals surface area (Å²) < 4.78 is 40.0. The molecule has 28 heteroatoms. The van der Waals surface area contributed by atoms with Crippen LogP contribution in [0.5, 0.6) is 11.8 Å². The summed E-state index contributed by atoms with van der Waals surface area (Å²) in [5.41, 5.74) is 10.2. The molecule has 2 aliphatic heterocycles. The van der Waals surface area contributed by atoms with Crippen molar-refractivity contribution in [2.45, 2.75) is 77.5 Å². The number of ether oxygens (including phenoxy) is 2. The third-order valence-corrected chi connectivity index (χ3v) is 17.6. The Kier molecular flexibility index (Phi) is 24.8. The molecule has 2 aromatic carbocycles. The summed E-state index contributed by atoms with van der Waals surface area (Å²) in [4.78, 5) is 80.2. The normalized spacial score (nSPS) is 13.0. The minimum Gasteiger partial charge on any atom is -0.481 e. The van der Waals surface area contributed by atoms with E-state index in [1.165, 1.54) is 14.2 Å². The van der Waals surface area contributed by atoms with Gasteiger partial charge in [0.05, 0.1) is 93.2 Å². The maximum Gasteiger partial charge on any atom is 0.303 e. The molecule has 6 N–H and O–H groups in total. The van der Waals surface area contributed by atoms with Gasteiger partial charge in [-0.2, -0.15) is 0 Å². The minimum absolute atomic E-state index is 0.0958. The Balaban J connectivity index is 0.000000221. The third kappa shape index (κ3) is 17.0. The first-order chi connectivity index (χ1) is 45.4. The van der Waals surface area contributed by atoms with E-state index in [0.717, 1.165) is 59.8 Å². The van der Waals surface area contributed by atoms with Crippen LogP contribution in [0.1, 0.15) is 93.7 Å². The number of carboxylic acid groups (broad SMARTS) is 2. The van der Waals surface area contributed by atoms with E-state index >= 15 is 0 Å². The van der Waals surface area contributed by atoms with Crippen molar-refractivity contribution in [2.24, 2.45) is 14.1 Å². The molecule has 0 fully saturated rings. The molecule has 0 radical (unpaired) electrons. The number of hydrogen-bond donors (Lipinski definition) is 6. The van der Waals surface area contributed by atoms with Crippen LogP contribution in [0, 0.1) is 0 Å². The number of carbonyl (C=O) groups is 4. The SMILES string of the molecule is COc1nc(-c2ccnc(-c3cccc(NC(=O)c4nc5c(n4C)CCN(CCCF)C5)c3Cl)c2Cl)ccc1CNCCCC(=O)O.COc1nc(-c2ccnc(-c3cccc(NC(=O)c4nc5c(n4C)CCN(CCCF)C5)c3Cl)c2Cl)ccc1CNCCCC(=O)O. The molecule has 8 aromatic rings. The van der Waals surface area contributed by atoms with E-state index in [4.69, 9.17) is 66.1 Å². The van der Waals surface area contributed by atoms with Crippen molar-refractivity contribution in [2.75, 3.05) is 77.5 Å². The summed E-state index contributed by atoms with van der Waals surface area (Å²) in [6, 6.07) is 21.4. The van der Waals surface area contributed by atoms with Gasteiger partial charge in [-0.25, -0.2) is 19.9 Å². The van der Waals surface area contributed by atoms with Crippen molar-refractivity contribution < 1.29 is 47.6 Å². The molecule has 0 atom stereocenters. The number of nitrogens with zero attached hydrogens (tertiary/aromatic N) is 10. The molecule has 0 aliphatic carbocycles. The van der Waals surface area contributed by atoms with E-state index in [0.29, 0.717) is 156 Å². The van der Waals surface area contributed by atoms with Crippen LogP contribution in [0.4, 0.5) is 20.2 Å². The van der Waals surface area contributed by atoms with Crippen molar-refractivity contribution in [3.63, 3.8) is 0 Å². The topological polar surface area (TPSA) is 269 Å². The second-order valence-corrected chi connectivity index (χ2v) is 23.8. The first kappa shape index (κ1) is 70.1. The number of anilines is 2. The summed E-state index contributed by atoms with van der Waals surface area (Å²) in [5.74, 6) is -1.12. The van der Waals surface area contributed by atoms with Gasteiger partial charge in [0, 0.05) is 149 Å². The highest BCUT2D eigenvalue weighted by atomic mass is 35.5. The Morgan fingerprint density at radius 3 is 1.34 bits per heavy atom. The van der Waals surface area contributed by atoms with Crippen LogP contribution in [0.15, 0.2) is 85.2 Å². The van der Waals surface area contributed by atoms with Crippen molar-refractivity contribution >= 4 is 81.5 Å². The molecule has 0 saturated heterocycles. The van der Waals surface area contributed by atoms with Gasteiger partial charge < -0.3 is 50.1 Å². The minimum atomic E-state index is -0.829. The molecule has 94 heavy (non-hydrogen) atoms. The number of amides is 2. The molecule has 0 bridgehead atoms. The highest BCUT2D eigenvalue weighted by molar-refractivity contribution is 6.40. The first-order valence-electron chi connectivity index (χ1n) is 30.5. The molecular weight excluding hydrogens is 1300 g/mol. The molecule has 8 heterocycles. The molecule has 2 aliphatic rings. The number of carboxylic acids is 2. The van der Waals surface area contributed by atoms with Crippen molar-refractivity contribution in [3.8, 4) is 56.8 Å². The average Bonchev–Trinajstić information content (AvgIpc) is 1.72. The van der Waals surface area contributed by atoms with Gasteiger partial charge in [0.1, 0.15) is 0 Å². The maximum absolute atomic E-state index is 13.4. The average molecular weight is 1370 g/mol. The summed E-state index contributed by atoms with van der Waals surface area (Å²) in [6.45, 7) is 5.30. The number of benzene rings is 2. The fraction of sp³-hybridized carbons (Fsp3) is 0.364. The number of pyridine rings is 4. The van der Waals surface area contributed by atoms with Crippen molar-refractivity contribution in [1.29, 1.82) is 0 Å². The maximum atomic E-state index is 13.4. The van der Waals surface area contributed by atoms with E-state index in [9.17, 15) is 28.0 Å². The van der Waals surface area contributed by atoms with Gasteiger partial charge in [0.15, 0.2) is 11.6 Å². The lowest BCUT2D eigenvalue weighted by Gasteiger charge is -2.26. The number of fused-ring (bicyclic) bond motifs is 2. The molecule has 6 aromatic heterocycles. The number of imidazole rings is 2. The van der Waals surface area contributed by atoms with E-state index < -0.39 is 23.8 Å². The standard InChI is InChI=1S/2C33H36Cl2FN7O4/c2*1-42-26-12-17-43(16-5-13-36)19-25(26)39-31(42)32(46)40-24-7-3-6-22(28(24)34)30-29(35)21(11-15-38-30)23-10-9-20(33(41-23)47-2)18-37-14-4-8-27(44)45/h2*3,6-7,9-11,15,37H,4-5,8,12-14,16-19H2,1-2H3,(H,40,46)(H,44,45). The fourth-order valence-electron chi connectivity index (χ4n) is 11.2. The lowest BCUT2D eigenvalue weighted by molar-refractivity contribution is -0.138. The molecule has 496 valence electrons. The number of methoxy groups -OCH3 is 2. The van der Waals surface area contributed by atoms with E-state index in [2.05, 4.69) is 61.0 Å². The second kappa shape index (κ2) is 33.3. The molecule has 0 saturated carbocycles. The van der Waals surface area contributed by atoms with E-state index in [1.54, 1.807) is 70.1 Å². The third-order valence-electron chi connectivity index (χ3n) is 16.0. The second-order valence-electron chi connectivity index (χ2n) is 22.3. The quantitative estimate of drug-likeness (QED) is 0.0249. The zero-order valence-corrected chi connectivity index (χ0v) is 55.3. The largest absolute Gasteiger partial charge is 0.481 e. The summed E-state index contributed by atoms with van der Waals surface area (Å²) in [7, 11) is 6.70. The Morgan fingerprint density at radius 1 is 0.543 bits per heavy atom. The fourth-order valence-corrected chi connectivity index (χ4v) is 12.3. The number of carbonyl (C=O) groups excluding carboxylic acids is 2. The van der Waals surface area contributed by atoms with Crippen LogP contribution in [-0.4, -0.2) is 150 Å². The van der Waals surface area contributed by atoms with Crippen molar-refractivity contribution in [1.82, 2.24) is 59.5 Å². The Morgan fingerprint density at radius 2 is 0.957 bits per heavy atom. The highest BCUT2D eigenvalue weighted by Gasteiger charge is 2.29. The predicted octanol–water partition coefficient (Wildman–Crippen LogP) is 11.6. The Bertz CT molecular complexity index is 3790. The molecule has 10 rings (SSSR count). The number of halogens is 6. The highest BCUT2D eigenvalue weighted by Crippen LogP contribution is 2.42. The number of hydrogen-bond acceptors (Lipinski definition) is 16. The number of aliphatic carboxylic acids is 2.